The minimum Gasteiger partial charge on any atom is -0.297 e. The van der Waals surface area contributed by atoms with Crippen LogP contribution in [0.1, 0.15) is 31.2 Å². The maximum Gasteiger partial charge on any atom is 0.160 e. The van der Waals surface area contributed by atoms with Gasteiger partial charge in [-0.15, -0.1) is 11.3 Å². The first-order chi connectivity index (χ1) is 7.69. The van der Waals surface area contributed by atoms with E-state index in [0.29, 0.717) is 0 Å². The molecule has 0 N–H and O–H groups in total. The maximum atomic E-state index is 10.7. The third kappa shape index (κ3) is 2.39. The molecule has 0 aliphatic rings. The number of hydrogen-bond acceptors (Lipinski definition) is 2. The fourth-order valence-electron chi connectivity index (χ4n) is 1.82. The van der Waals surface area contributed by atoms with Crippen LogP contribution in [-0.4, -0.2) is 6.29 Å². The molecule has 1 aromatic carbocycles. The molecule has 0 atom stereocenters. The molecule has 1 nitrogen and oxygen atoms in total. The Morgan fingerprint density at radius 1 is 1.25 bits per heavy atom. The first kappa shape index (κ1) is 11.1. The van der Waals surface area contributed by atoms with Crippen molar-refractivity contribution in [1.82, 2.24) is 0 Å². The minimum atomic E-state index is 0.820. The van der Waals surface area contributed by atoms with Gasteiger partial charge < -0.3 is 0 Å². The van der Waals surface area contributed by atoms with Crippen molar-refractivity contribution < 1.29 is 4.79 Å². The standard InChI is InChI=1S/C14H14OS/c1-10-4-3-5-12(6-10)7-13-8-14(9-15)16-11(13)2/h3-6,8-9H,7H2,1-2H3. The first-order valence-corrected chi connectivity index (χ1v) is 6.10. The Labute approximate surface area is 99.8 Å². The van der Waals surface area contributed by atoms with Crippen molar-refractivity contribution in [3.63, 3.8) is 0 Å². The lowest BCUT2D eigenvalue weighted by atomic mass is 10.0. The highest BCUT2D eigenvalue weighted by Crippen LogP contribution is 2.23. The number of carbonyl (C=O) groups excluding carboxylic acids is 1. The molecule has 0 aliphatic carbocycles. The zero-order valence-corrected chi connectivity index (χ0v) is 10.3. The number of carbonyl (C=O) groups is 1. The Morgan fingerprint density at radius 2 is 2.06 bits per heavy atom. The van der Waals surface area contributed by atoms with E-state index in [1.165, 1.54) is 21.6 Å². The summed E-state index contributed by atoms with van der Waals surface area (Å²) in [6.07, 6.45) is 1.84. The van der Waals surface area contributed by atoms with Gasteiger partial charge in [0.05, 0.1) is 4.88 Å². The molecular formula is C14H14OS. The van der Waals surface area contributed by atoms with E-state index in [9.17, 15) is 4.79 Å². The van der Waals surface area contributed by atoms with Crippen LogP contribution in [0.2, 0.25) is 0 Å². The van der Waals surface area contributed by atoms with Gasteiger partial charge in [0.15, 0.2) is 6.29 Å². The maximum absolute atomic E-state index is 10.7. The monoisotopic (exact) mass is 230 g/mol. The molecule has 82 valence electrons. The SMILES string of the molecule is Cc1cccc(Cc2cc(C=O)sc2C)c1. The van der Waals surface area contributed by atoms with Gasteiger partial charge in [0.1, 0.15) is 0 Å². The van der Waals surface area contributed by atoms with E-state index in [0.717, 1.165) is 17.6 Å². The van der Waals surface area contributed by atoms with Crippen LogP contribution in [0.3, 0.4) is 0 Å². The summed E-state index contributed by atoms with van der Waals surface area (Å²) in [4.78, 5) is 12.7. The molecule has 0 unspecified atom stereocenters. The minimum absolute atomic E-state index is 0.820. The molecule has 0 radical (unpaired) electrons. The highest BCUT2D eigenvalue weighted by molar-refractivity contribution is 7.13. The molecule has 2 aromatic rings. The van der Waals surface area contributed by atoms with Crippen LogP contribution in [0.15, 0.2) is 30.3 Å². The quantitative estimate of drug-likeness (QED) is 0.734. The molecular weight excluding hydrogens is 216 g/mol. The third-order valence-corrected chi connectivity index (χ3v) is 3.65. The topological polar surface area (TPSA) is 17.1 Å². The number of hydrogen-bond donors (Lipinski definition) is 0. The number of aryl methyl sites for hydroxylation is 2. The smallest absolute Gasteiger partial charge is 0.160 e. The lowest BCUT2D eigenvalue weighted by Crippen LogP contribution is -1.88. The van der Waals surface area contributed by atoms with E-state index in [-0.39, 0.29) is 0 Å². The second kappa shape index (κ2) is 4.62. The first-order valence-electron chi connectivity index (χ1n) is 5.29. The molecule has 2 heteroatoms. The molecule has 0 spiro atoms. The molecule has 2 rings (SSSR count). The van der Waals surface area contributed by atoms with Crippen LogP contribution >= 0.6 is 11.3 Å². The Bertz CT molecular complexity index is 511. The number of benzene rings is 1. The summed E-state index contributed by atoms with van der Waals surface area (Å²) < 4.78 is 0. The largest absolute Gasteiger partial charge is 0.297 e. The second-order valence-corrected chi connectivity index (χ2v) is 5.30. The van der Waals surface area contributed by atoms with E-state index in [1.807, 2.05) is 6.07 Å². The number of aldehydes is 1. The summed E-state index contributed by atoms with van der Waals surface area (Å²) >= 11 is 1.57. The van der Waals surface area contributed by atoms with Gasteiger partial charge in [-0.3, -0.25) is 4.79 Å². The van der Waals surface area contributed by atoms with Crippen LogP contribution < -0.4 is 0 Å². The van der Waals surface area contributed by atoms with Crippen LogP contribution in [0.25, 0.3) is 0 Å². The molecule has 1 aromatic heterocycles. The van der Waals surface area contributed by atoms with Gasteiger partial charge >= 0.3 is 0 Å². The summed E-state index contributed by atoms with van der Waals surface area (Å²) in [6.45, 7) is 4.17. The summed E-state index contributed by atoms with van der Waals surface area (Å²) in [6, 6.07) is 10.5. The van der Waals surface area contributed by atoms with Crippen molar-refractivity contribution in [3.8, 4) is 0 Å². The highest BCUT2D eigenvalue weighted by atomic mass is 32.1. The molecule has 16 heavy (non-hydrogen) atoms. The summed E-state index contributed by atoms with van der Waals surface area (Å²) in [7, 11) is 0. The molecule has 0 saturated heterocycles. The van der Waals surface area contributed by atoms with E-state index in [4.69, 9.17) is 0 Å². The average molecular weight is 230 g/mol. The Morgan fingerprint density at radius 3 is 2.69 bits per heavy atom. The lowest BCUT2D eigenvalue weighted by Gasteiger charge is -2.01. The second-order valence-electron chi connectivity index (χ2n) is 4.01. The van der Waals surface area contributed by atoms with Gasteiger partial charge in [0, 0.05) is 4.88 Å². The van der Waals surface area contributed by atoms with E-state index in [1.54, 1.807) is 11.3 Å². The molecule has 1 heterocycles. The predicted molar refractivity (Wildman–Crippen MR) is 68.4 cm³/mol. The van der Waals surface area contributed by atoms with E-state index >= 15 is 0 Å². The zero-order chi connectivity index (χ0) is 11.5. The van der Waals surface area contributed by atoms with Gasteiger partial charge in [-0.1, -0.05) is 29.8 Å². The Balaban J connectivity index is 2.26. The van der Waals surface area contributed by atoms with Gasteiger partial charge in [-0.05, 0) is 37.5 Å². The van der Waals surface area contributed by atoms with Gasteiger partial charge in [-0.2, -0.15) is 0 Å². The van der Waals surface area contributed by atoms with Crippen molar-refractivity contribution >= 4 is 17.6 Å². The summed E-state index contributed by atoms with van der Waals surface area (Å²) in [5.74, 6) is 0. The van der Waals surface area contributed by atoms with Crippen LogP contribution in [0.5, 0.6) is 0 Å². The molecule has 0 fully saturated rings. The Hall–Kier alpha value is -1.41. The number of rotatable bonds is 3. The van der Waals surface area contributed by atoms with E-state index in [2.05, 4.69) is 38.1 Å². The van der Waals surface area contributed by atoms with Crippen molar-refractivity contribution in [2.45, 2.75) is 20.3 Å². The fraction of sp³-hybridized carbons (Fsp3) is 0.214. The van der Waals surface area contributed by atoms with Crippen molar-refractivity contribution in [3.05, 3.63) is 56.8 Å². The highest BCUT2D eigenvalue weighted by Gasteiger charge is 2.05. The normalized spacial score (nSPS) is 10.4. The molecule has 0 aliphatic heterocycles. The summed E-state index contributed by atoms with van der Waals surface area (Å²) in [5.41, 5.74) is 3.84. The van der Waals surface area contributed by atoms with Crippen molar-refractivity contribution in [1.29, 1.82) is 0 Å². The van der Waals surface area contributed by atoms with Gasteiger partial charge in [0.2, 0.25) is 0 Å². The summed E-state index contributed by atoms with van der Waals surface area (Å²) in [5, 5.41) is 0. The van der Waals surface area contributed by atoms with Crippen LogP contribution in [0.4, 0.5) is 0 Å². The zero-order valence-electron chi connectivity index (χ0n) is 9.49. The van der Waals surface area contributed by atoms with Gasteiger partial charge in [-0.25, -0.2) is 0 Å². The number of thiophene rings is 1. The van der Waals surface area contributed by atoms with Crippen LogP contribution in [-0.2, 0) is 6.42 Å². The molecule has 0 amide bonds. The average Bonchev–Trinajstić information content (AvgIpc) is 2.60. The van der Waals surface area contributed by atoms with Crippen molar-refractivity contribution in [2.24, 2.45) is 0 Å². The molecule has 0 saturated carbocycles. The Kier molecular flexibility index (Phi) is 3.20. The fourth-order valence-corrected chi connectivity index (χ4v) is 2.69. The van der Waals surface area contributed by atoms with E-state index < -0.39 is 0 Å². The third-order valence-electron chi connectivity index (χ3n) is 2.63. The van der Waals surface area contributed by atoms with Crippen molar-refractivity contribution in [2.75, 3.05) is 0 Å². The van der Waals surface area contributed by atoms with Crippen LogP contribution in [0, 0.1) is 13.8 Å². The predicted octanol–water partition coefficient (Wildman–Crippen LogP) is 3.77. The van der Waals surface area contributed by atoms with Gasteiger partial charge in [0.25, 0.3) is 0 Å². The lowest BCUT2D eigenvalue weighted by molar-refractivity contribution is 0.112. The molecule has 0 bridgehead atoms.